The summed E-state index contributed by atoms with van der Waals surface area (Å²) in [5.74, 6) is 0.491. The molecule has 0 amide bonds. The number of ether oxygens (including phenoxy) is 1. The molecule has 0 aliphatic heterocycles. The third-order valence-electron chi connectivity index (χ3n) is 4.38. The van der Waals surface area contributed by atoms with Gasteiger partial charge in [0.05, 0.1) is 13.2 Å². The maximum Gasteiger partial charge on any atom is 0.188 e. The van der Waals surface area contributed by atoms with Crippen LogP contribution in [0.3, 0.4) is 0 Å². The molecule has 2 rings (SSSR count). The second-order valence-corrected chi connectivity index (χ2v) is 6.63. The summed E-state index contributed by atoms with van der Waals surface area (Å²) in [4.78, 5) is 4.59. The molecule has 1 saturated carbocycles. The Morgan fingerprint density at radius 2 is 2.00 bits per heavy atom. The first-order valence-electron chi connectivity index (χ1n) is 7.87. The SMILES string of the molecule is COCC(C)NC(N)=NCC1(c2ccc(Cl)cc2)CCCC1. The van der Waals surface area contributed by atoms with Crippen LogP contribution in [0.2, 0.25) is 5.02 Å². The van der Waals surface area contributed by atoms with Gasteiger partial charge in [0.1, 0.15) is 0 Å². The quantitative estimate of drug-likeness (QED) is 0.624. The van der Waals surface area contributed by atoms with Crippen molar-refractivity contribution in [1.82, 2.24) is 5.32 Å². The third kappa shape index (κ3) is 4.37. The van der Waals surface area contributed by atoms with Gasteiger partial charge in [0.25, 0.3) is 0 Å². The molecule has 22 heavy (non-hydrogen) atoms. The molecule has 1 aromatic carbocycles. The molecule has 1 aliphatic carbocycles. The summed E-state index contributed by atoms with van der Waals surface area (Å²) < 4.78 is 5.10. The van der Waals surface area contributed by atoms with Gasteiger partial charge in [0.15, 0.2) is 5.96 Å². The summed E-state index contributed by atoms with van der Waals surface area (Å²) in [6, 6.07) is 8.33. The summed E-state index contributed by atoms with van der Waals surface area (Å²) in [5.41, 5.74) is 7.42. The van der Waals surface area contributed by atoms with Crippen molar-refractivity contribution in [3.63, 3.8) is 0 Å². The van der Waals surface area contributed by atoms with Crippen LogP contribution in [-0.4, -0.2) is 32.3 Å². The molecular formula is C17H26ClN3O. The molecule has 0 radical (unpaired) electrons. The summed E-state index contributed by atoms with van der Waals surface area (Å²) in [6.45, 7) is 3.35. The topological polar surface area (TPSA) is 59.6 Å². The Bertz CT molecular complexity index is 495. The zero-order valence-electron chi connectivity index (χ0n) is 13.4. The summed E-state index contributed by atoms with van der Waals surface area (Å²) in [6.07, 6.45) is 4.79. The van der Waals surface area contributed by atoms with E-state index in [0.29, 0.717) is 19.1 Å². The van der Waals surface area contributed by atoms with Crippen molar-refractivity contribution in [1.29, 1.82) is 0 Å². The predicted molar refractivity (Wildman–Crippen MR) is 92.6 cm³/mol. The Morgan fingerprint density at radius 1 is 1.36 bits per heavy atom. The number of nitrogens with zero attached hydrogens (tertiary/aromatic N) is 1. The fraction of sp³-hybridized carbons (Fsp3) is 0.588. The molecule has 1 aromatic rings. The van der Waals surface area contributed by atoms with Gasteiger partial charge in [-0.15, -0.1) is 0 Å². The van der Waals surface area contributed by atoms with Gasteiger partial charge < -0.3 is 15.8 Å². The number of hydrogen-bond acceptors (Lipinski definition) is 2. The van der Waals surface area contributed by atoms with Crippen LogP contribution in [0.1, 0.15) is 38.2 Å². The lowest BCUT2D eigenvalue weighted by Gasteiger charge is -2.28. The third-order valence-corrected chi connectivity index (χ3v) is 4.63. The van der Waals surface area contributed by atoms with Crippen molar-refractivity contribution in [2.24, 2.45) is 10.7 Å². The molecule has 122 valence electrons. The predicted octanol–water partition coefficient (Wildman–Crippen LogP) is 3.09. The van der Waals surface area contributed by atoms with Crippen molar-refractivity contribution in [2.75, 3.05) is 20.3 Å². The van der Waals surface area contributed by atoms with E-state index in [2.05, 4.69) is 22.4 Å². The summed E-state index contributed by atoms with van der Waals surface area (Å²) in [5, 5.41) is 3.94. The number of aliphatic imine (C=N–C) groups is 1. The molecule has 5 heteroatoms. The summed E-state index contributed by atoms with van der Waals surface area (Å²) >= 11 is 6.01. The number of nitrogens with two attached hydrogens (primary N) is 1. The molecule has 0 spiro atoms. The lowest BCUT2D eigenvalue weighted by Crippen LogP contribution is -2.41. The Kier molecular flexibility index (Phi) is 6.09. The number of rotatable bonds is 6. The largest absolute Gasteiger partial charge is 0.383 e. The van der Waals surface area contributed by atoms with Crippen molar-refractivity contribution >= 4 is 17.6 Å². The number of benzene rings is 1. The van der Waals surface area contributed by atoms with E-state index in [9.17, 15) is 0 Å². The van der Waals surface area contributed by atoms with Crippen molar-refractivity contribution in [2.45, 2.75) is 44.1 Å². The Morgan fingerprint density at radius 3 is 2.59 bits per heavy atom. The molecule has 1 aliphatic rings. The zero-order chi connectivity index (χ0) is 16.0. The highest BCUT2D eigenvalue weighted by atomic mass is 35.5. The highest BCUT2D eigenvalue weighted by molar-refractivity contribution is 6.30. The van der Waals surface area contributed by atoms with Crippen molar-refractivity contribution in [3.8, 4) is 0 Å². The molecule has 1 fully saturated rings. The smallest absolute Gasteiger partial charge is 0.188 e. The lowest BCUT2D eigenvalue weighted by molar-refractivity contribution is 0.179. The van der Waals surface area contributed by atoms with Gasteiger partial charge >= 0.3 is 0 Å². The van der Waals surface area contributed by atoms with Gasteiger partial charge in [0.2, 0.25) is 0 Å². The van der Waals surface area contributed by atoms with Crippen LogP contribution < -0.4 is 11.1 Å². The average molecular weight is 324 g/mol. The van der Waals surface area contributed by atoms with Crippen molar-refractivity contribution in [3.05, 3.63) is 34.9 Å². The van der Waals surface area contributed by atoms with E-state index < -0.39 is 0 Å². The minimum Gasteiger partial charge on any atom is -0.383 e. The molecule has 0 bridgehead atoms. The molecule has 0 saturated heterocycles. The van der Waals surface area contributed by atoms with E-state index in [0.717, 1.165) is 17.9 Å². The van der Waals surface area contributed by atoms with Gasteiger partial charge in [-0.3, -0.25) is 4.99 Å². The van der Waals surface area contributed by atoms with E-state index in [-0.39, 0.29) is 11.5 Å². The Labute approximate surface area is 138 Å². The molecule has 0 heterocycles. The van der Waals surface area contributed by atoms with E-state index in [4.69, 9.17) is 22.1 Å². The van der Waals surface area contributed by atoms with Crippen LogP contribution in [-0.2, 0) is 10.2 Å². The van der Waals surface area contributed by atoms with Gasteiger partial charge in [-0.1, -0.05) is 36.6 Å². The highest BCUT2D eigenvalue weighted by Gasteiger charge is 2.35. The van der Waals surface area contributed by atoms with Crippen LogP contribution >= 0.6 is 11.6 Å². The fourth-order valence-electron chi connectivity index (χ4n) is 3.22. The second-order valence-electron chi connectivity index (χ2n) is 6.20. The Hall–Kier alpha value is -1.26. The molecule has 1 unspecified atom stereocenters. The standard InChI is InChI=1S/C17H26ClN3O/c1-13(11-22-2)21-16(19)20-12-17(9-3-4-10-17)14-5-7-15(18)8-6-14/h5-8,13H,3-4,9-12H2,1-2H3,(H3,19,20,21). The Balaban J connectivity index is 2.07. The fourth-order valence-corrected chi connectivity index (χ4v) is 3.35. The van der Waals surface area contributed by atoms with E-state index in [1.54, 1.807) is 7.11 Å². The molecule has 3 N–H and O–H groups in total. The molecule has 0 aromatic heterocycles. The van der Waals surface area contributed by atoms with Gasteiger partial charge in [0, 0.05) is 23.6 Å². The molecule has 1 atom stereocenters. The van der Waals surface area contributed by atoms with Gasteiger partial charge in [-0.25, -0.2) is 0 Å². The number of nitrogens with one attached hydrogen (secondary N) is 1. The van der Waals surface area contributed by atoms with Crippen molar-refractivity contribution < 1.29 is 4.74 Å². The normalized spacial score (nSPS) is 19.1. The zero-order valence-corrected chi connectivity index (χ0v) is 14.2. The summed E-state index contributed by atoms with van der Waals surface area (Å²) in [7, 11) is 1.68. The minimum atomic E-state index is 0.0986. The van der Waals surface area contributed by atoms with E-state index >= 15 is 0 Å². The van der Waals surface area contributed by atoms with E-state index in [1.165, 1.54) is 18.4 Å². The van der Waals surface area contributed by atoms with Crippen LogP contribution in [0.15, 0.2) is 29.3 Å². The maximum atomic E-state index is 6.01. The van der Waals surface area contributed by atoms with Crippen LogP contribution in [0.5, 0.6) is 0 Å². The number of methoxy groups -OCH3 is 1. The lowest BCUT2D eigenvalue weighted by atomic mass is 9.79. The monoisotopic (exact) mass is 323 g/mol. The molecular weight excluding hydrogens is 298 g/mol. The van der Waals surface area contributed by atoms with E-state index in [1.807, 2.05) is 19.1 Å². The number of hydrogen-bond donors (Lipinski definition) is 2. The first kappa shape index (κ1) is 17.1. The number of guanidine groups is 1. The average Bonchev–Trinajstić information content (AvgIpc) is 2.96. The second kappa shape index (κ2) is 7.84. The highest BCUT2D eigenvalue weighted by Crippen LogP contribution is 2.41. The maximum absolute atomic E-state index is 6.01. The minimum absolute atomic E-state index is 0.0986. The van der Waals surface area contributed by atoms with Crippen LogP contribution in [0.4, 0.5) is 0 Å². The first-order valence-corrected chi connectivity index (χ1v) is 8.25. The molecule has 4 nitrogen and oxygen atoms in total. The van der Waals surface area contributed by atoms with Crippen LogP contribution in [0, 0.1) is 0 Å². The van der Waals surface area contributed by atoms with Gasteiger partial charge in [-0.2, -0.15) is 0 Å². The first-order chi connectivity index (χ1) is 10.6. The number of halogens is 1. The van der Waals surface area contributed by atoms with Gasteiger partial charge in [-0.05, 0) is 37.5 Å². The van der Waals surface area contributed by atoms with Crippen LogP contribution in [0.25, 0.3) is 0 Å².